The number of amides is 1. The quantitative estimate of drug-likeness (QED) is 0.365. The highest BCUT2D eigenvalue weighted by molar-refractivity contribution is 5.82. The van der Waals surface area contributed by atoms with E-state index in [1.54, 1.807) is 6.92 Å². The second-order valence-electron chi connectivity index (χ2n) is 10.3. The van der Waals surface area contributed by atoms with E-state index in [0.717, 1.165) is 49.4 Å². The van der Waals surface area contributed by atoms with Gasteiger partial charge in [0.2, 0.25) is 5.91 Å². The number of carbonyl (C=O) groups is 1. The Kier molecular flexibility index (Phi) is 6.58. The maximum absolute atomic E-state index is 14.2. The first kappa shape index (κ1) is 25.1. The number of aromatic nitrogens is 4. The third kappa shape index (κ3) is 5.13. The fourth-order valence-corrected chi connectivity index (χ4v) is 5.48. The average molecular weight is 535 g/mol. The molecule has 1 aromatic carbocycles. The van der Waals surface area contributed by atoms with Crippen LogP contribution >= 0.6 is 0 Å². The highest BCUT2D eigenvalue weighted by Crippen LogP contribution is 2.38. The Labute approximate surface area is 224 Å². The third-order valence-electron chi connectivity index (χ3n) is 7.51. The van der Waals surface area contributed by atoms with E-state index < -0.39 is 6.08 Å². The molecule has 2 aliphatic rings. The van der Waals surface area contributed by atoms with Crippen molar-refractivity contribution >= 4 is 22.9 Å². The van der Waals surface area contributed by atoms with Crippen molar-refractivity contribution in [2.24, 2.45) is 5.92 Å². The first-order valence-corrected chi connectivity index (χ1v) is 13.3. The lowest BCUT2D eigenvalue weighted by molar-refractivity contribution is -0.130. The molecule has 2 N–H and O–H groups in total. The molecule has 5 heterocycles. The molecule has 2 aliphatic heterocycles. The van der Waals surface area contributed by atoms with Crippen LogP contribution in [0.2, 0.25) is 0 Å². The van der Waals surface area contributed by atoms with Gasteiger partial charge in [0.15, 0.2) is 34.6 Å². The lowest BCUT2D eigenvalue weighted by Gasteiger charge is -2.32. The Hall–Kier alpha value is -4.15. The minimum atomic E-state index is -0.881. The zero-order valence-electron chi connectivity index (χ0n) is 22.0. The number of nitrogens with zero attached hydrogens (tertiary/aromatic N) is 5. The predicted molar refractivity (Wildman–Crippen MR) is 141 cm³/mol. The number of carbonyl (C=O) groups excluding carboxylic acids is 1. The van der Waals surface area contributed by atoms with E-state index in [2.05, 4.69) is 9.97 Å². The van der Waals surface area contributed by atoms with Crippen molar-refractivity contribution in [2.75, 3.05) is 25.4 Å². The molecule has 0 aliphatic carbocycles. The van der Waals surface area contributed by atoms with E-state index in [-0.39, 0.29) is 17.8 Å². The summed E-state index contributed by atoms with van der Waals surface area (Å²) in [5.74, 6) is 4.00. The van der Waals surface area contributed by atoms with Crippen molar-refractivity contribution in [3.05, 3.63) is 59.3 Å². The Morgan fingerprint density at radius 1 is 1.18 bits per heavy atom. The Bertz CT molecular complexity index is 1530. The molecule has 0 saturated carbocycles. The summed E-state index contributed by atoms with van der Waals surface area (Å²) in [6, 6.07) is 9.58. The number of anilines is 1. The van der Waals surface area contributed by atoms with Gasteiger partial charge in [0.1, 0.15) is 24.0 Å². The number of hydrogen-bond donors (Lipinski definition) is 1. The van der Waals surface area contributed by atoms with Crippen LogP contribution < -0.4 is 15.2 Å². The van der Waals surface area contributed by atoms with Crippen molar-refractivity contribution in [2.45, 2.75) is 52.2 Å². The van der Waals surface area contributed by atoms with Gasteiger partial charge in [0.05, 0.1) is 0 Å². The number of rotatable bonds is 6. The zero-order chi connectivity index (χ0) is 27.1. The Balaban J connectivity index is 1.24. The molecule has 1 amide bonds. The summed E-state index contributed by atoms with van der Waals surface area (Å²) in [7, 11) is 0. The van der Waals surface area contributed by atoms with Crippen LogP contribution in [-0.4, -0.2) is 50.0 Å². The van der Waals surface area contributed by atoms with Crippen LogP contribution in [0.3, 0.4) is 0 Å². The summed E-state index contributed by atoms with van der Waals surface area (Å²) in [5, 5.41) is 0. The van der Waals surface area contributed by atoms with Crippen LogP contribution in [0.5, 0.6) is 11.5 Å². The highest BCUT2D eigenvalue weighted by atomic mass is 19.1. The van der Waals surface area contributed by atoms with Crippen molar-refractivity contribution in [3.8, 4) is 11.5 Å². The molecule has 1 saturated heterocycles. The molecule has 0 spiro atoms. The fourth-order valence-electron chi connectivity index (χ4n) is 5.48. The molecule has 3 aromatic heterocycles. The molecule has 4 aromatic rings. The largest absolute Gasteiger partial charge is 0.485 e. The van der Waals surface area contributed by atoms with Gasteiger partial charge < -0.3 is 29.1 Å². The number of nitrogen functional groups attached to an aromatic ring is 1. The van der Waals surface area contributed by atoms with Gasteiger partial charge in [-0.2, -0.15) is 14.4 Å². The van der Waals surface area contributed by atoms with E-state index in [1.165, 1.54) is 0 Å². The molecule has 6 rings (SSSR count). The molecule has 2 atom stereocenters. The highest BCUT2D eigenvalue weighted by Gasteiger charge is 2.27. The van der Waals surface area contributed by atoms with E-state index in [0.29, 0.717) is 54.0 Å². The molecule has 1 fully saturated rings. The number of ether oxygens (including phenoxy) is 2. The van der Waals surface area contributed by atoms with Gasteiger partial charge in [-0.3, -0.25) is 4.79 Å². The minimum Gasteiger partial charge on any atom is -0.485 e. The molecule has 0 radical (unpaired) electrons. The first-order valence-electron chi connectivity index (χ1n) is 13.3. The zero-order valence-corrected chi connectivity index (χ0v) is 22.0. The Morgan fingerprint density at radius 3 is 2.85 bits per heavy atom. The molecule has 11 heteroatoms. The SMILES string of the molecule is CC(=O)N1CCCC(CCn2c(Cc3ccc4c(c3)OCC(c3ccc(C)o3)O4)nc3c(N)nc(F)nc32)C1. The number of fused-ring (bicyclic) bond motifs is 2. The van der Waals surface area contributed by atoms with Crippen molar-refractivity contribution in [1.29, 1.82) is 0 Å². The van der Waals surface area contributed by atoms with Gasteiger partial charge in [-0.1, -0.05) is 6.07 Å². The lowest BCUT2D eigenvalue weighted by Crippen LogP contribution is -2.38. The maximum atomic E-state index is 14.2. The lowest BCUT2D eigenvalue weighted by atomic mass is 9.94. The van der Waals surface area contributed by atoms with Crippen molar-refractivity contribution in [3.63, 3.8) is 0 Å². The van der Waals surface area contributed by atoms with Gasteiger partial charge in [-0.15, -0.1) is 0 Å². The molecule has 204 valence electrons. The average Bonchev–Trinajstić information content (AvgIpc) is 3.50. The minimum absolute atomic E-state index is 0.0132. The van der Waals surface area contributed by atoms with Gasteiger partial charge >= 0.3 is 6.08 Å². The summed E-state index contributed by atoms with van der Waals surface area (Å²) in [5.41, 5.74) is 7.74. The van der Waals surface area contributed by atoms with Gasteiger partial charge in [0, 0.05) is 33.0 Å². The smallest absolute Gasteiger partial charge is 0.312 e. The summed E-state index contributed by atoms with van der Waals surface area (Å²) in [6.45, 7) is 5.94. The number of likely N-dealkylation sites (tertiary alicyclic amines) is 1. The predicted octanol–water partition coefficient (Wildman–Crippen LogP) is 4.20. The topological polar surface area (TPSA) is 122 Å². The Morgan fingerprint density at radius 2 is 2.05 bits per heavy atom. The number of furan rings is 1. The molecule has 10 nitrogen and oxygen atoms in total. The molecule has 0 bridgehead atoms. The number of halogens is 1. The number of imidazole rings is 1. The fraction of sp³-hybridized carbons (Fsp3) is 0.429. The van der Waals surface area contributed by atoms with Crippen LogP contribution in [0.15, 0.2) is 34.7 Å². The molecular weight excluding hydrogens is 503 g/mol. The molecular formula is C28H31FN6O4. The second kappa shape index (κ2) is 10.2. The number of benzene rings is 1. The molecule has 2 unspecified atom stereocenters. The summed E-state index contributed by atoms with van der Waals surface area (Å²) >= 11 is 0. The number of piperidine rings is 1. The van der Waals surface area contributed by atoms with Crippen LogP contribution in [0.1, 0.15) is 55.2 Å². The van der Waals surface area contributed by atoms with Crippen LogP contribution in [0, 0.1) is 18.9 Å². The first-order chi connectivity index (χ1) is 18.8. The number of aryl methyl sites for hydroxylation is 2. The van der Waals surface area contributed by atoms with Crippen LogP contribution in [0.25, 0.3) is 11.2 Å². The second-order valence-corrected chi connectivity index (χ2v) is 10.3. The van der Waals surface area contributed by atoms with Crippen LogP contribution in [0.4, 0.5) is 10.2 Å². The molecule has 39 heavy (non-hydrogen) atoms. The summed E-state index contributed by atoms with van der Waals surface area (Å²) in [4.78, 5) is 26.2. The number of nitrogens with two attached hydrogens (primary N) is 1. The number of hydrogen-bond acceptors (Lipinski definition) is 8. The maximum Gasteiger partial charge on any atom is 0.312 e. The van der Waals surface area contributed by atoms with E-state index in [4.69, 9.17) is 24.6 Å². The van der Waals surface area contributed by atoms with Gasteiger partial charge in [-0.25, -0.2) is 4.98 Å². The standard InChI is InChI=1S/C28H31FN6O4/c1-16-5-7-21(38-16)23-15-37-22-12-19(6-8-20(22)39-23)13-24-31-25-26(30)32-28(29)33-27(25)35(24)11-9-18-4-3-10-34(14-18)17(2)36/h5-8,12,18,23H,3-4,9-11,13-15H2,1-2H3,(H2,30,32,33). The van der Waals surface area contributed by atoms with Crippen molar-refractivity contribution in [1.82, 2.24) is 24.4 Å². The van der Waals surface area contributed by atoms with Crippen LogP contribution in [-0.2, 0) is 17.8 Å². The third-order valence-corrected chi connectivity index (χ3v) is 7.51. The monoisotopic (exact) mass is 534 g/mol. The van der Waals surface area contributed by atoms with E-state index in [9.17, 15) is 9.18 Å². The van der Waals surface area contributed by atoms with Crippen molar-refractivity contribution < 1.29 is 23.1 Å². The normalized spacial score (nSPS) is 19.0. The van der Waals surface area contributed by atoms with Gasteiger partial charge in [-0.05, 0) is 61.9 Å². The summed E-state index contributed by atoms with van der Waals surface area (Å²) in [6.07, 6.45) is 2.09. The summed E-state index contributed by atoms with van der Waals surface area (Å²) < 4.78 is 33.9. The van der Waals surface area contributed by atoms with E-state index >= 15 is 0 Å². The van der Waals surface area contributed by atoms with E-state index in [1.807, 2.05) is 46.7 Å². The van der Waals surface area contributed by atoms with Gasteiger partial charge in [0.25, 0.3) is 0 Å².